The Hall–Kier alpha value is -1.39. The first-order chi connectivity index (χ1) is 8.34. The van der Waals surface area contributed by atoms with Crippen LogP contribution in [0.5, 0.6) is 0 Å². The van der Waals surface area contributed by atoms with Gasteiger partial charge in [0.05, 0.1) is 6.42 Å². The van der Waals surface area contributed by atoms with Gasteiger partial charge >= 0.3 is 5.97 Å². The molecule has 0 bridgehead atoms. The van der Waals surface area contributed by atoms with Gasteiger partial charge in [0.1, 0.15) is 0 Å². The van der Waals surface area contributed by atoms with Crippen LogP contribution in [0.3, 0.4) is 0 Å². The fourth-order valence-electron chi connectivity index (χ4n) is 1.97. The number of aliphatic carboxylic acids is 1. The maximum atomic E-state index is 10.7. The third-order valence-electron chi connectivity index (χ3n) is 2.89. The largest absolute Gasteiger partial charge is 0.481 e. The molecule has 5 heteroatoms. The van der Waals surface area contributed by atoms with Gasteiger partial charge in [0.2, 0.25) is 11.8 Å². The van der Waals surface area contributed by atoms with E-state index in [9.17, 15) is 4.79 Å². The van der Waals surface area contributed by atoms with Gasteiger partial charge in [-0.1, -0.05) is 34.1 Å². The standard InChI is InChI=1S/C13H22N2O3/c1-5-6-9(2)12-15-14-10(18-12)7-13(3,4)8-11(16)17/h9H,5-8H2,1-4H3,(H,16,17). The van der Waals surface area contributed by atoms with E-state index in [1.807, 2.05) is 13.8 Å². The molecule has 0 aliphatic carbocycles. The van der Waals surface area contributed by atoms with E-state index in [4.69, 9.17) is 9.52 Å². The molecule has 102 valence electrons. The van der Waals surface area contributed by atoms with E-state index < -0.39 is 5.97 Å². The van der Waals surface area contributed by atoms with Crippen LogP contribution in [0.25, 0.3) is 0 Å². The number of carboxylic acid groups (broad SMARTS) is 1. The lowest BCUT2D eigenvalue weighted by Gasteiger charge is -2.19. The molecular weight excluding hydrogens is 232 g/mol. The molecule has 5 nitrogen and oxygen atoms in total. The molecule has 18 heavy (non-hydrogen) atoms. The number of carboxylic acids is 1. The van der Waals surface area contributed by atoms with E-state index in [1.54, 1.807) is 0 Å². The van der Waals surface area contributed by atoms with Crippen LogP contribution >= 0.6 is 0 Å². The zero-order valence-corrected chi connectivity index (χ0v) is 11.6. The van der Waals surface area contributed by atoms with E-state index >= 15 is 0 Å². The summed E-state index contributed by atoms with van der Waals surface area (Å²) in [5.41, 5.74) is -0.371. The average Bonchev–Trinajstić information content (AvgIpc) is 2.63. The van der Waals surface area contributed by atoms with Crippen LogP contribution in [0, 0.1) is 5.41 Å². The molecule has 1 aromatic heterocycles. The molecule has 1 aromatic rings. The summed E-state index contributed by atoms with van der Waals surface area (Å²) in [4.78, 5) is 10.7. The fraction of sp³-hybridized carbons (Fsp3) is 0.769. The molecule has 1 N–H and O–H groups in total. The Morgan fingerprint density at radius 3 is 2.67 bits per heavy atom. The molecule has 1 heterocycles. The number of hydrogen-bond acceptors (Lipinski definition) is 4. The van der Waals surface area contributed by atoms with Crippen molar-refractivity contribution >= 4 is 5.97 Å². The Bertz CT molecular complexity index is 399. The van der Waals surface area contributed by atoms with Gasteiger partial charge in [-0.05, 0) is 11.8 Å². The Kier molecular flexibility index (Phi) is 4.87. The summed E-state index contributed by atoms with van der Waals surface area (Å²) in [6.45, 7) is 7.95. The van der Waals surface area contributed by atoms with Gasteiger partial charge < -0.3 is 9.52 Å². The van der Waals surface area contributed by atoms with Crippen molar-refractivity contribution in [3.8, 4) is 0 Å². The first-order valence-corrected chi connectivity index (χ1v) is 6.38. The second kappa shape index (κ2) is 5.98. The molecule has 0 saturated carbocycles. The van der Waals surface area contributed by atoms with Gasteiger partial charge in [-0.25, -0.2) is 0 Å². The van der Waals surface area contributed by atoms with E-state index in [0.717, 1.165) is 12.8 Å². The number of nitrogens with zero attached hydrogens (tertiary/aromatic N) is 2. The summed E-state index contributed by atoms with van der Waals surface area (Å²) in [6.07, 6.45) is 2.67. The number of hydrogen-bond donors (Lipinski definition) is 1. The zero-order chi connectivity index (χ0) is 13.8. The second-order valence-electron chi connectivity index (χ2n) is 5.64. The van der Waals surface area contributed by atoms with Crippen molar-refractivity contribution in [3.05, 3.63) is 11.8 Å². The molecule has 0 aliphatic heterocycles. The van der Waals surface area contributed by atoms with Crippen molar-refractivity contribution in [2.45, 2.75) is 59.3 Å². The van der Waals surface area contributed by atoms with Crippen LogP contribution in [0.4, 0.5) is 0 Å². The number of carbonyl (C=O) groups is 1. The van der Waals surface area contributed by atoms with Gasteiger partial charge in [0.25, 0.3) is 0 Å². The summed E-state index contributed by atoms with van der Waals surface area (Å²) in [7, 11) is 0. The average molecular weight is 254 g/mol. The highest BCUT2D eigenvalue weighted by Gasteiger charge is 2.25. The Labute approximate surface area is 108 Å². The summed E-state index contributed by atoms with van der Waals surface area (Å²) in [5, 5.41) is 16.9. The third kappa shape index (κ3) is 4.47. The quantitative estimate of drug-likeness (QED) is 0.809. The fourth-order valence-corrected chi connectivity index (χ4v) is 1.97. The van der Waals surface area contributed by atoms with E-state index in [-0.39, 0.29) is 17.8 Å². The van der Waals surface area contributed by atoms with Crippen molar-refractivity contribution in [3.63, 3.8) is 0 Å². The van der Waals surface area contributed by atoms with Crippen molar-refractivity contribution < 1.29 is 14.3 Å². The monoisotopic (exact) mass is 254 g/mol. The predicted octanol–water partition coefficient (Wildman–Crippen LogP) is 3.02. The molecule has 1 rings (SSSR count). The Morgan fingerprint density at radius 2 is 2.11 bits per heavy atom. The Balaban J connectivity index is 2.66. The first kappa shape index (κ1) is 14.7. The number of rotatable bonds is 7. The van der Waals surface area contributed by atoms with Crippen LogP contribution in [0.1, 0.15) is 64.7 Å². The smallest absolute Gasteiger partial charge is 0.303 e. The highest BCUT2D eigenvalue weighted by atomic mass is 16.4. The molecular formula is C13H22N2O3. The normalized spacial score (nSPS) is 13.6. The highest BCUT2D eigenvalue weighted by Crippen LogP contribution is 2.27. The van der Waals surface area contributed by atoms with E-state index in [2.05, 4.69) is 24.0 Å². The van der Waals surface area contributed by atoms with E-state index in [0.29, 0.717) is 18.2 Å². The predicted molar refractivity (Wildman–Crippen MR) is 67.4 cm³/mol. The summed E-state index contributed by atoms with van der Waals surface area (Å²) in [6, 6.07) is 0. The van der Waals surface area contributed by atoms with Crippen LogP contribution in [-0.2, 0) is 11.2 Å². The van der Waals surface area contributed by atoms with E-state index in [1.165, 1.54) is 0 Å². The van der Waals surface area contributed by atoms with Gasteiger partial charge in [-0.3, -0.25) is 4.79 Å². The molecule has 0 fully saturated rings. The number of aromatic nitrogens is 2. The topological polar surface area (TPSA) is 76.2 Å². The van der Waals surface area contributed by atoms with Gasteiger partial charge in [0, 0.05) is 12.3 Å². The molecule has 0 radical (unpaired) electrons. The minimum absolute atomic E-state index is 0.0925. The lowest BCUT2D eigenvalue weighted by Crippen LogP contribution is -2.19. The zero-order valence-electron chi connectivity index (χ0n) is 11.6. The molecule has 0 aliphatic rings. The van der Waals surface area contributed by atoms with Gasteiger partial charge in [-0.2, -0.15) is 0 Å². The van der Waals surface area contributed by atoms with Crippen LogP contribution < -0.4 is 0 Å². The van der Waals surface area contributed by atoms with Crippen LogP contribution in [0.15, 0.2) is 4.42 Å². The van der Waals surface area contributed by atoms with Gasteiger partial charge in [0.15, 0.2) is 0 Å². The molecule has 0 amide bonds. The minimum atomic E-state index is -0.806. The second-order valence-corrected chi connectivity index (χ2v) is 5.64. The highest BCUT2D eigenvalue weighted by molar-refractivity contribution is 5.67. The third-order valence-corrected chi connectivity index (χ3v) is 2.89. The lowest BCUT2D eigenvalue weighted by molar-refractivity contribution is -0.139. The maximum Gasteiger partial charge on any atom is 0.303 e. The Morgan fingerprint density at radius 1 is 1.44 bits per heavy atom. The van der Waals surface area contributed by atoms with Crippen LogP contribution in [0.2, 0.25) is 0 Å². The maximum absolute atomic E-state index is 10.7. The SMILES string of the molecule is CCCC(C)c1nnc(CC(C)(C)CC(=O)O)o1. The van der Waals surface area contributed by atoms with Crippen molar-refractivity contribution in [2.75, 3.05) is 0 Å². The minimum Gasteiger partial charge on any atom is -0.481 e. The summed E-state index contributed by atoms with van der Waals surface area (Å²) >= 11 is 0. The van der Waals surface area contributed by atoms with Gasteiger partial charge in [-0.15, -0.1) is 10.2 Å². The lowest BCUT2D eigenvalue weighted by atomic mass is 9.86. The summed E-state index contributed by atoms with van der Waals surface area (Å²) < 4.78 is 5.60. The van der Waals surface area contributed by atoms with Crippen LogP contribution in [-0.4, -0.2) is 21.3 Å². The molecule has 1 unspecified atom stereocenters. The molecule has 0 aromatic carbocycles. The van der Waals surface area contributed by atoms with Crippen molar-refractivity contribution in [1.29, 1.82) is 0 Å². The first-order valence-electron chi connectivity index (χ1n) is 6.38. The molecule has 0 saturated heterocycles. The molecule has 0 spiro atoms. The molecule has 1 atom stereocenters. The van der Waals surface area contributed by atoms with Crippen molar-refractivity contribution in [2.24, 2.45) is 5.41 Å². The van der Waals surface area contributed by atoms with Crippen molar-refractivity contribution in [1.82, 2.24) is 10.2 Å². The summed E-state index contributed by atoms with van der Waals surface area (Å²) in [5.74, 6) is 0.634.